The van der Waals surface area contributed by atoms with Crippen molar-refractivity contribution in [1.82, 2.24) is 14.7 Å². The van der Waals surface area contributed by atoms with Crippen LogP contribution in [0.4, 0.5) is 10.1 Å². The van der Waals surface area contributed by atoms with Crippen molar-refractivity contribution in [1.29, 1.82) is 0 Å². The topological polar surface area (TPSA) is 55.9 Å². The SMILES string of the molecule is Cc1ccc(NC(=O)CN2CCN(CC(=O)N3C[C@H](C)C[C@H](C)C3)CC2)c(F)c1. The molecule has 7 heteroatoms. The molecule has 2 amide bonds. The second-order valence-corrected chi connectivity index (χ2v) is 8.83. The average Bonchev–Trinajstić information content (AvgIpc) is 2.65. The molecule has 0 radical (unpaired) electrons. The van der Waals surface area contributed by atoms with E-state index in [0.717, 1.165) is 44.8 Å². The molecule has 6 nitrogen and oxygen atoms in total. The molecule has 0 saturated carbocycles. The number of nitrogens with one attached hydrogen (secondary N) is 1. The Bertz CT molecular complexity index is 724. The van der Waals surface area contributed by atoms with Crippen LogP contribution in [0.2, 0.25) is 0 Å². The molecule has 2 atom stereocenters. The number of rotatable bonds is 5. The van der Waals surface area contributed by atoms with Crippen LogP contribution in [0.15, 0.2) is 18.2 Å². The fraction of sp³-hybridized carbons (Fsp3) is 0.636. The zero-order chi connectivity index (χ0) is 21.0. The normalized spacial score (nSPS) is 23.8. The largest absolute Gasteiger partial charge is 0.341 e. The lowest BCUT2D eigenvalue weighted by molar-refractivity contribution is -0.135. The molecule has 29 heavy (non-hydrogen) atoms. The summed E-state index contributed by atoms with van der Waals surface area (Å²) >= 11 is 0. The first-order valence-electron chi connectivity index (χ1n) is 10.6. The van der Waals surface area contributed by atoms with E-state index in [1.165, 1.54) is 12.5 Å². The Labute approximate surface area is 173 Å². The second-order valence-electron chi connectivity index (χ2n) is 8.83. The lowest BCUT2D eigenvalue weighted by Crippen LogP contribution is -2.52. The lowest BCUT2D eigenvalue weighted by Gasteiger charge is -2.38. The zero-order valence-electron chi connectivity index (χ0n) is 17.8. The lowest BCUT2D eigenvalue weighted by atomic mass is 9.92. The minimum atomic E-state index is -0.414. The molecule has 2 fully saturated rings. The maximum Gasteiger partial charge on any atom is 0.238 e. The van der Waals surface area contributed by atoms with Gasteiger partial charge in [0.2, 0.25) is 11.8 Å². The zero-order valence-corrected chi connectivity index (χ0v) is 17.8. The van der Waals surface area contributed by atoms with Crippen LogP contribution in [0.25, 0.3) is 0 Å². The molecule has 1 aromatic rings. The van der Waals surface area contributed by atoms with Gasteiger partial charge in [-0.15, -0.1) is 0 Å². The summed E-state index contributed by atoms with van der Waals surface area (Å²) in [5.41, 5.74) is 1.04. The second kappa shape index (κ2) is 9.67. The number of nitrogens with zero attached hydrogens (tertiary/aromatic N) is 3. The third kappa shape index (κ3) is 6.24. The number of carbonyl (C=O) groups is 2. The standard InChI is InChI=1S/C22H33FN4O2/c1-16-4-5-20(19(23)11-16)24-21(28)14-25-6-8-26(9-7-25)15-22(29)27-12-17(2)10-18(3)13-27/h4-5,11,17-18H,6-10,12-15H2,1-3H3,(H,24,28)/t17-,18+. The molecular formula is C22H33FN4O2. The molecule has 0 bridgehead atoms. The number of carbonyl (C=O) groups excluding carboxylic acids is 2. The molecule has 0 aromatic heterocycles. The Morgan fingerprint density at radius 3 is 2.21 bits per heavy atom. The van der Waals surface area contributed by atoms with Gasteiger partial charge in [-0.05, 0) is 42.9 Å². The van der Waals surface area contributed by atoms with Gasteiger partial charge >= 0.3 is 0 Å². The number of halogens is 1. The molecule has 1 N–H and O–H groups in total. The highest BCUT2D eigenvalue weighted by molar-refractivity contribution is 5.92. The fourth-order valence-electron chi connectivity index (χ4n) is 4.38. The third-order valence-electron chi connectivity index (χ3n) is 5.81. The molecule has 2 heterocycles. The Balaban J connectivity index is 1.41. The van der Waals surface area contributed by atoms with Crippen LogP contribution in [0.1, 0.15) is 25.8 Å². The van der Waals surface area contributed by atoms with Crippen molar-refractivity contribution >= 4 is 17.5 Å². The first-order chi connectivity index (χ1) is 13.8. The van der Waals surface area contributed by atoms with Crippen molar-refractivity contribution < 1.29 is 14.0 Å². The van der Waals surface area contributed by atoms with Crippen molar-refractivity contribution in [2.45, 2.75) is 27.2 Å². The Morgan fingerprint density at radius 1 is 1.03 bits per heavy atom. The van der Waals surface area contributed by atoms with E-state index in [2.05, 4.69) is 24.1 Å². The summed E-state index contributed by atoms with van der Waals surface area (Å²) in [6.07, 6.45) is 1.19. The summed E-state index contributed by atoms with van der Waals surface area (Å²) in [5.74, 6) is 0.717. The molecule has 2 aliphatic rings. The Kier molecular flexibility index (Phi) is 7.24. The molecule has 0 aliphatic carbocycles. The highest BCUT2D eigenvalue weighted by atomic mass is 19.1. The number of benzene rings is 1. The number of piperazine rings is 1. The molecule has 0 unspecified atom stereocenters. The van der Waals surface area contributed by atoms with E-state index in [4.69, 9.17) is 0 Å². The smallest absolute Gasteiger partial charge is 0.238 e. The van der Waals surface area contributed by atoms with Crippen LogP contribution < -0.4 is 5.32 Å². The minimum absolute atomic E-state index is 0.212. The van der Waals surface area contributed by atoms with Gasteiger partial charge in [-0.3, -0.25) is 19.4 Å². The number of piperidine rings is 1. The molecule has 1 aromatic carbocycles. The van der Waals surface area contributed by atoms with Gasteiger partial charge in [-0.1, -0.05) is 19.9 Å². The van der Waals surface area contributed by atoms with E-state index in [-0.39, 0.29) is 24.0 Å². The fourth-order valence-corrected chi connectivity index (χ4v) is 4.38. The number of amides is 2. The summed E-state index contributed by atoms with van der Waals surface area (Å²) in [6, 6.07) is 4.78. The van der Waals surface area contributed by atoms with E-state index in [0.29, 0.717) is 18.4 Å². The number of hydrogen-bond acceptors (Lipinski definition) is 4. The number of likely N-dealkylation sites (tertiary alicyclic amines) is 1. The predicted octanol–water partition coefficient (Wildman–Crippen LogP) is 2.19. The summed E-state index contributed by atoms with van der Waals surface area (Å²) in [5, 5.41) is 2.65. The van der Waals surface area contributed by atoms with Crippen LogP contribution in [-0.2, 0) is 9.59 Å². The monoisotopic (exact) mass is 404 g/mol. The Hall–Kier alpha value is -1.99. The van der Waals surface area contributed by atoms with Crippen molar-refractivity contribution in [2.24, 2.45) is 11.8 Å². The number of aryl methyl sites for hydroxylation is 1. The maximum absolute atomic E-state index is 13.9. The maximum atomic E-state index is 13.9. The van der Waals surface area contributed by atoms with Crippen LogP contribution in [0.3, 0.4) is 0 Å². The summed E-state index contributed by atoms with van der Waals surface area (Å²) in [7, 11) is 0. The van der Waals surface area contributed by atoms with Gasteiger partial charge in [-0.2, -0.15) is 0 Å². The van der Waals surface area contributed by atoms with Crippen LogP contribution in [-0.4, -0.2) is 78.9 Å². The van der Waals surface area contributed by atoms with Gasteiger partial charge < -0.3 is 10.2 Å². The van der Waals surface area contributed by atoms with Gasteiger partial charge in [0, 0.05) is 39.3 Å². The molecule has 3 rings (SSSR count). The van der Waals surface area contributed by atoms with Crippen LogP contribution in [0.5, 0.6) is 0 Å². The Morgan fingerprint density at radius 2 is 1.62 bits per heavy atom. The molecule has 2 saturated heterocycles. The van der Waals surface area contributed by atoms with E-state index in [9.17, 15) is 14.0 Å². The van der Waals surface area contributed by atoms with Crippen molar-refractivity contribution in [2.75, 3.05) is 57.7 Å². The van der Waals surface area contributed by atoms with Crippen molar-refractivity contribution in [3.8, 4) is 0 Å². The molecule has 2 aliphatic heterocycles. The molecule has 160 valence electrons. The first kappa shape index (κ1) is 21.7. The summed E-state index contributed by atoms with van der Waals surface area (Å²) in [4.78, 5) is 31.1. The summed E-state index contributed by atoms with van der Waals surface area (Å²) < 4.78 is 13.9. The minimum Gasteiger partial charge on any atom is -0.341 e. The number of hydrogen-bond donors (Lipinski definition) is 1. The van der Waals surface area contributed by atoms with Gasteiger partial charge in [0.25, 0.3) is 0 Å². The van der Waals surface area contributed by atoms with Gasteiger partial charge in [0.15, 0.2) is 0 Å². The van der Waals surface area contributed by atoms with Gasteiger partial charge in [0.1, 0.15) is 5.82 Å². The van der Waals surface area contributed by atoms with Gasteiger partial charge in [-0.25, -0.2) is 4.39 Å². The van der Waals surface area contributed by atoms with Crippen LogP contribution in [0, 0.1) is 24.6 Å². The van der Waals surface area contributed by atoms with E-state index in [1.807, 2.05) is 16.7 Å². The molecular weight excluding hydrogens is 371 g/mol. The highest BCUT2D eigenvalue weighted by Crippen LogP contribution is 2.21. The van der Waals surface area contributed by atoms with E-state index < -0.39 is 5.82 Å². The quantitative estimate of drug-likeness (QED) is 0.818. The third-order valence-corrected chi connectivity index (χ3v) is 5.81. The van der Waals surface area contributed by atoms with Crippen molar-refractivity contribution in [3.05, 3.63) is 29.6 Å². The average molecular weight is 405 g/mol. The van der Waals surface area contributed by atoms with Crippen molar-refractivity contribution in [3.63, 3.8) is 0 Å². The van der Waals surface area contributed by atoms with Gasteiger partial charge in [0.05, 0.1) is 18.8 Å². The van der Waals surface area contributed by atoms with Crippen LogP contribution >= 0.6 is 0 Å². The predicted molar refractivity (Wildman–Crippen MR) is 112 cm³/mol. The highest BCUT2D eigenvalue weighted by Gasteiger charge is 2.27. The number of anilines is 1. The van der Waals surface area contributed by atoms with E-state index >= 15 is 0 Å². The first-order valence-corrected chi connectivity index (χ1v) is 10.6. The summed E-state index contributed by atoms with van der Waals surface area (Å²) in [6.45, 7) is 11.6. The van der Waals surface area contributed by atoms with E-state index in [1.54, 1.807) is 12.1 Å². The molecule has 0 spiro atoms.